The second-order valence-electron chi connectivity index (χ2n) is 8.28. The number of carbonyl (C=O) groups is 2. The van der Waals surface area contributed by atoms with Crippen molar-refractivity contribution in [2.75, 3.05) is 6.54 Å². The van der Waals surface area contributed by atoms with Crippen molar-refractivity contribution in [3.8, 4) is 0 Å². The van der Waals surface area contributed by atoms with E-state index in [2.05, 4.69) is 34.9 Å². The van der Waals surface area contributed by atoms with Crippen molar-refractivity contribution in [3.05, 3.63) is 18.2 Å². The van der Waals surface area contributed by atoms with E-state index in [0.717, 1.165) is 5.69 Å². The summed E-state index contributed by atoms with van der Waals surface area (Å²) < 4.78 is 7.44. The van der Waals surface area contributed by atoms with Crippen LogP contribution in [0.25, 0.3) is 0 Å². The van der Waals surface area contributed by atoms with Crippen LogP contribution in [0.5, 0.6) is 0 Å². The number of amides is 1. The molecule has 0 bridgehead atoms. The zero-order valence-corrected chi connectivity index (χ0v) is 18.5. The SMILES string of the molecule is Cn1cncc1CC(NC(=O)CCN[Si](C)(C)C)C(=O)O[Si](C)(C)C. The van der Waals surface area contributed by atoms with Crippen LogP contribution in [0.15, 0.2) is 12.5 Å². The summed E-state index contributed by atoms with van der Waals surface area (Å²) >= 11 is 0. The van der Waals surface area contributed by atoms with Gasteiger partial charge >= 0.3 is 5.97 Å². The Hall–Kier alpha value is -1.46. The average molecular weight is 385 g/mol. The highest BCUT2D eigenvalue weighted by molar-refractivity contribution is 6.73. The van der Waals surface area contributed by atoms with Crippen LogP contribution in [0.3, 0.4) is 0 Å². The van der Waals surface area contributed by atoms with Gasteiger partial charge in [-0.25, -0.2) is 4.98 Å². The molecular weight excluding hydrogens is 352 g/mol. The van der Waals surface area contributed by atoms with Gasteiger partial charge in [0.25, 0.3) is 0 Å². The van der Waals surface area contributed by atoms with Gasteiger partial charge in [-0.05, 0) is 26.2 Å². The Morgan fingerprint density at radius 3 is 2.36 bits per heavy atom. The summed E-state index contributed by atoms with van der Waals surface area (Å²) in [6, 6.07) is -0.693. The highest BCUT2D eigenvalue weighted by atomic mass is 28.4. The molecule has 2 N–H and O–H groups in total. The molecule has 0 aliphatic carbocycles. The maximum Gasteiger partial charge on any atom is 0.315 e. The first-order chi connectivity index (χ1) is 11.4. The number of nitrogens with one attached hydrogen (secondary N) is 2. The van der Waals surface area contributed by atoms with Gasteiger partial charge in [0.05, 0.1) is 6.33 Å². The molecule has 7 nitrogen and oxygen atoms in total. The molecule has 0 aromatic carbocycles. The molecule has 1 aromatic heterocycles. The number of hydrogen-bond donors (Lipinski definition) is 2. The number of hydrogen-bond acceptors (Lipinski definition) is 5. The minimum atomic E-state index is -2.03. The number of imidazole rings is 1. The highest BCUT2D eigenvalue weighted by Gasteiger charge is 2.28. The highest BCUT2D eigenvalue weighted by Crippen LogP contribution is 2.09. The summed E-state index contributed by atoms with van der Waals surface area (Å²) in [6.45, 7) is 13.0. The number of carbonyl (C=O) groups excluding carboxylic acids is 2. The summed E-state index contributed by atoms with van der Waals surface area (Å²) in [5.41, 5.74) is 0.873. The minimum Gasteiger partial charge on any atom is -0.518 e. The summed E-state index contributed by atoms with van der Waals surface area (Å²) in [4.78, 5) is 32.3. The van der Waals surface area contributed by atoms with Crippen LogP contribution in [0, 0.1) is 0 Å². The van der Waals surface area contributed by atoms with E-state index >= 15 is 0 Å². The van der Waals surface area contributed by atoms with Crippen molar-refractivity contribution >= 4 is 28.4 Å². The third-order valence-corrected chi connectivity index (χ3v) is 5.49. The van der Waals surface area contributed by atoms with E-state index in [-0.39, 0.29) is 11.9 Å². The normalized spacial score (nSPS) is 13.4. The predicted molar refractivity (Wildman–Crippen MR) is 104 cm³/mol. The van der Waals surface area contributed by atoms with Crippen LogP contribution in [-0.2, 0) is 27.5 Å². The molecule has 9 heteroatoms. The Bertz CT molecular complexity index is 591. The van der Waals surface area contributed by atoms with Gasteiger partial charge in [0.1, 0.15) is 14.3 Å². The molecule has 0 fully saturated rings. The molecule has 1 unspecified atom stereocenters. The van der Waals surface area contributed by atoms with Crippen molar-refractivity contribution < 1.29 is 14.0 Å². The first kappa shape index (κ1) is 21.6. The second-order valence-corrected chi connectivity index (χ2v) is 17.6. The van der Waals surface area contributed by atoms with Gasteiger partial charge in [-0.15, -0.1) is 0 Å². The second kappa shape index (κ2) is 8.77. The van der Waals surface area contributed by atoms with E-state index in [4.69, 9.17) is 4.43 Å². The Labute approximate surface area is 152 Å². The lowest BCUT2D eigenvalue weighted by Gasteiger charge is -2.24. The van der Waals surface area contributed by atoms with E-state index in [1.165, 1.54) is 0 Å². The van der Waals surface area contributed by atoms with Crippen LogP contribution in [0.4, 0.5) is 0 Å². The molecular formula is C16H32N4O3Si2. The summed E-state index contributed by atoms with van der Waals surface area (Å²) in [7, 11) is -1.57. The first-order valence-corrected chi connectivity index (χ1v) is 15.5. The van der Waals surface area contributed by atoms with E-state index < -0.39 is 22.6 Å². The third kappa shape index (κ3) is 8.98. The van der Waals surface area contributed by atoms with E-state index in [1.807, 2.05) is 31.3 Å². The van der Waals surface area contributed by atoms with Gasteiger partial charge in [-0.2, -0.15) is 0 Å². The third-order valence-electron chi connectivity index (χ3n) is 3.36. The van der Waals surface area contributed by atoms with Crippen LogP contribution in [0.1, 0.15) is 12.1 Å². The maximum atomic E-state index is 12.5. The molecule has 0 saturated heterocycles. The molecule has 0 spiro atoms. The lowest BCUT2D eigenvalue weighted by atomic mass is 10.1. The van der Waals surface area contributed by atoms with Crippen molar-refractivity contribution in [1.82, 2.24) is 19.9 Å². The van der Waals surface area contributed by atoms with Crippen molar-refractivity contribution in [2.24, 2.45) is 7.05 Å². The predicted octanol–water partition coefficient (Wildman–Crippen LogP) is 1.64. The molecule has 1 heterocycles. The zero-order chi connectivity index (χ0) is 19.3. The van der Waals surface area contributed by atoms with Crippen molar-refractivity contribution in [1.29, 1.82) is 0 Å². The number of rotatable bonds is 9. The summed E-state index contributed by atoms with van der Waals surface area (Å²) in [5, 5.41) is 2.83. The summed E-state index contributed by atoms with van der Waals surface area (Å²) in [5.74, 6) is -0.516. The topological polar surface area (TPSA) is 85.3 Å². The van der Waals surface area contributed by atoms with Gasteiger partial charge in [-0.1, -0.05) is 19.6 Å². The first-order valence-electron chi connectivity index (χ1n) is 8.60. The Kier molecular flexibility index (Phi) is 7.57. The molecule has 1 amide bonds. The molecule has 25 heavy (non-hydrogen) atoms. The number of aryl methyl sites for hydroxylation is 1. The largest absolute Gasteiger partial charge is 0.518 e. The fourth-order valence-electron chi connectivity index (χ4n) is 2.17. The minimum absolute atomic E-state index is 0.148. The Morgan fingerprint density at radius 2 is 1.88 bits per heavy atom. The molecule has 0 aliphatic rings. The number of nitrogens with zero attached hydrogens (tertiary/aromatic N) is 2. The van der Waals surface area contributed by atoms with Crippen LogP contribution in [-0.4, -0.2) is 50.6 Å². The van der Waals surface area contributed by atoms with Gasteiger partial charge in [0, 0.05) is 31.8 Å². The van der Waals surface area contributed by atoms with Gasteiger partial charge in [0.15, 0.2) is 0 Å². The van der Waals surface area contributed by atoms with Gasteiger partial charge in [0.2, 0.25) is 14.2 Å². The van der Waals surface area contributed by atoms with Gasteiger partial charge < -0.3 is 19.3 Å². The molecule has 1 atom stereocenters. The van der Waals surface area contributed by atoms with Gasteiger partial charge in [-0.3, -0.25) is 9.59 Å². The lowest BCUT2D eigenvalue weighted by Crippen LogP contribution is -2.48. The quantitative estimate of drug-likeness (QED) is 0.632. The van der Waals surface area contributed by atoms with E-state index in [1.54, 1.807) is 12.5 Å². The van der Waals surface area contributed by atoms with E-state index in [9.17, 15) is 9.59 Å². The van der Waals surface area contributed by atoms with E-state index in [0.29, 0.717) is 19.4 Å². The van der Waals surface area contributed by atoms with Crippen molar-refractivity contribution in [3.63, 3.8) is 0 Å². The maximum absolute atomic E-state index is 12.5. The Balaban J connectivity index is 2.72. The zero-order valence-electron chi connectivity index (χ0n) is 16.5. The molecule has 0 saturated carbocycles. The molecule has 0 radical (unpaired) electrons. The lowest BCUT2D eigenvalue weighted by molar-refractivity contribution is -0.140. The molecule has 142 valence electrons. The molecule has 1 rings (SSSR count). The van der Waals surface area contributed by atoms with Crippen molar-refractivity contribution in [2.45, 2.75) is 58.2 Å². The monoisotopic (exact) mass is 384 g/mol. The van der Waals surface area contributed by atoms with Crippen LogP contribution in [0.2, 0.25) is 39.3 Å². The smallest absolute Gasteiger partial charge is 0.315 e. The van der Waals surface area contributed by atoms with Crippen LogP contribution >= 0.6 is 0 Å². The molecule has 0 aliphatic heterocycles. The Morgan fingerprint density at radius 1 is 1.24 bits per heavy atom. The fraction of sp³-hybridized carbons (Fsp3) is 0.688. The standard InChI is InChI=1S/C16H32N4O3Si2/c1-20-12-17-11-13(20)10-14(16(22)23-25(5,6)7)19-15(21)8-9-18-24(2,3)4/h11-12,14,18H,8-10H2,1-7H3,(H,19,21). The average Bonchev–Trinajstić information content (AvgIpc) is 2.80. The fourth-order valence-corrected chi connectivity index (χ4v) is 3.79. The number of aromatic nitrogens is 2. The molecule has 1 aromatic rings. The van der Waals surface area contributed by atoms with Crippen LogP contribution < -0.4 is 10.3 Å². The summed E-state index contributed by atoms with van der Waals surface area (Å²) in [6.07, 6.45) is 4.09.